The highest BCUT2D eigenvalue weighted by atomic mass is 32.2. The maximum absolute atomic E-state index is 11.8. The molecule has 116 valence electrons. The van der Waals surface area contributed by atoms with Gasteiger partial charge in [-0.15, -0.1) is 0 Å². The van der Waals surface area contributed by atoms with Gasteiger partial charge in [0.2, 0.25) is 10.0 Å². The second-order valence-corrected chi connectivity index (χ2v) is 6.58. The minimum Gasteiger partial charge on any atom is -0.379 e. The van der Waals surface area contributed by atoms with Crippen molar-refractivity contribution in [1.82, 2.24) is 10.6 Å². The van der Waals surface area contributed by atoms with Gasteiger partial charge in [-0.3, -0.25) is 0 Å². The van der Waals surface area contributed by atoms with E-state index < -0.39 is 10.0 Å². The maximum Gasteiger partial charge on any atom is 0.315 e. The molecule has 1 saturated heterocycles. The topological polar surface area (TPSA) is 111 Å². The van der Waals surface area contributed by atoms with Gasteiger partial charge in [-0.1, -0.05) is 12.1 Å². The van der Waals surface area contributed by atoms with Gasteiger partial charge in [0, 0.05) is 6.61 Å². The molecule has 2 atom stereocenters. The molecule has 0 aromatic heterocycles. The number of nitrogens with two attached hydrogens (primary N) is 1. The Kier molecular flexibility index (Phi) is 4.81. The molecule has 21 heavy (non-hydrogen) atoms. The Bertz CT molecular complexity index is 612. The summed E-state index contributed by atoms with van der Waals surface area (Å²) >= 11 is 0. The summed E-state index contributed by atoms with van der Waals surface area (Å²) in [6.45, 7) is 2.94. The molecule has 8 heteroatoms. The highest BCUT2D eigenvalue weighted by Gasteiger charge is 2.19. The highest BCUT2D eigenvalue weighted by Crippen LogP contribution is 2.16. The van der Waals surface area contributed by atoms with Gasteiger partial charge < -0.3 is 15.4 Å². The standard InChI is InChI=1S/C13H19N3O4S/c1-9(15-13(17)16-11-5-6-20-8-11)10-3-2-4-12(7-10)21(14,18)19/h2-4,7,9,11H,5-6,8H2,1H3,(H2,14,18,19)(H2,15,16,17). The molecular weight excluding hydrogens is 294 g/mol. The third-order valence-corrected chi connectivity index (χ3v) is 4.21. The second-order valence-electron chi connectivity index (χ2n) is 5.02. The Morgan fingerprint density at radius 2 is 2.24 bits per heavy atom. The van der Waals surface area contributed by atoms with E-state index in [2.05, 4.69) is 10.6 Å². The van der Waals surface area contributed by atoms with E-state index in [9.17, 15) is 13.2 Å². The summed E-state index contributed by atoms with van der Waals surface area (Å²) in [4.78, 5) is 11.9. The number of carbonyl (C=O) groups is 1. The van der Waals surface area contributed by atoms with Gasteiger partial charge in [-0.05, 0) is 31.0 Å². The first-order valence-electron chi connectivity index (χ1n) is 6.64. The van der Waals surface area contributed by atoms with Gasteiger partial charge in [-0.25, -0.2) is 18.4 Å². The Labute approximate surface area is 123 Å². The van der Waals surface area contributed by atoms with Gasteiger partial charge >= 0.3 is 6.03 Å². The van der Waals surface area contributed by atoms with Crippen molar-refractivity contribution in [3.05, 3.63) is 29.8 Å². The molecule has 0 saturated carbocycles. The first kappa shape index (κ1) is 15.7. The molecule has 0 radical (unpaired) electrons. The van der Waals surface area contributed by atoms with Crippen LogP contribution in [0.15, 0.2) is 29.2 Å². The number of nitrogens with one attached hydrogen (secondary N) is 2. The minimum absolute atomic E-state index is 0.0213. The molecule has 2 amide bonds. The van der Waals surface area contributed by atoms with Gasteiger partial charge in [0.25, 0.3) is 0 Å². The minimum atomic E-state index is -3.75. The van der Waals surface area contributed by atoms with Crippen LogP contribution in [0.5, 0.6) is 0 Å². The summed E-state index contributed by atoms with van der Waals surface area (Å²) < 4.78 is 27.8. The third kappa shape index (κ3) is 4.42. The Morgan fingerprint density at radius 1 is 1.48 bits per heavy atom. The molecule has 0 bridgehead atoms. The predicted molar refractivity (Wildman–Crippen MR) is 77.1 cm³/mol. The number of urea groups is 1. The number of hydrogen-bond acceptors (Lipinski definition) is 4. The van der Waals surface area contributed by atoms with Crippen LogP contribution in [0.4, 0.5) is 4.79 Å². The number of rotatable bonds is 4. The van der Waals surface area contributed by atoms with Crippen molar-refractivity contribution in [3.63, 3.8) is 0 Å². The average Bonchev–Trinajstić information content (AvgIpc) is 2.90. The van der Waals surface area contributed by atoms with E-state index in [1.165, 1.54) is 12.1 Å². The Hall–Kier alpha value is -1.64. The van der Waals surface area contributed by atoms with E-state index in [1.54, 1.807) is 19.1 Å². The smallest absolute Gasteiger partial charge is 0.315 e. The lowest BCUT2D eigenvalue weighted by Gasteiger charge is -2.17. The monoisotopic (exact) mass is 313 g/mol. The zero-order chi connectivity index (χ0) is 15.5. The molecular formula is C13H19N3O4S. The molecule has 1 fully saturated rings. The first-order valence-corrected chi connectivity index (χ1v) is 8.18. The fraction of sp³-hybridized carbons (Fsp3) is 0.462. The van der Waals surface area contributed by atoms with Gasteiger partial charge in [-0.2, -0.15) is 0 Å². The second kappa shape index (κ2) is 6.42. The van der Waals surface area contributed by atoms with E-state index in [1.807, 2.05) is 0 Å². The molecule has 1 aliphatic heterocycles. The Balaban J connectivity index is 1.99. The van der Waals surface area contributed by atoms with E-state index in [4.69, 9.17) is 9.88 Å². The quantitative estimate of drug-likeness (QED) is 0.751. The van der Waals surface area contributed by atoms with Crippen LogP contribution in [0.1, 0.15) is 24.9 Å². The molecule has 7 nitrogen and oxygen atoms in total. The molecule has 2 unspecified atom stereocenters. The zero-order valence-electron chi connectivity index (χ0n) is 11.7. The number of benzene rings is 1. The number of amides is 2. The lowest BCUT2D eigenvalue weighted by atomic mass is 10.1. The fourth-order valence-electron chi connectivity index (χ4n) is 2.12. The summed E-state index contributed by atoms with van der Waals surface area (Å²) in [6.07, 6.45) is 0.794. The predicted octanol–water partition coefficient (Wildman–Crippen LogP) is 0.483. The van der Waals surface area contributed by atoms with Gasteiger partial charge in [0.1, 0.15) is 0 Å². The number of hydrogen-bond donors (Lipinski definition) is 3. The van der Waals surface area contributed by atoms with Crippen molar-refractivity contribution in [3.8, 4) is 0 Å². The van der Waals surface area contributed by atoms with E-state index >= 15 is 0 Å². The van der Waals surface area contributed by atoms with Crippen molar-refractivity contribution in [2.24, 2.45) is 5.14 Å². The number of ether oxygens (including phenoxy) is 1. The molecule has 1 aromatic rings. The number of carbonyl (C=O) groups excluding carboxylic acids is 1. The molecule has 1 aliphatic rings. The molecule has 1 aromatic carbocycles. The third-order valence-electron chi connectivity index (χ3n) is 3.30. The SMILES string of the molecule is CC(NC(=O)NC1CCOC1)c1cccc(S(N)(=O)=O)c1. The van der Waals surface area contributed by atoms with Crippen LogP contribution in [0, 0.1) is 0 Å². The van der Waals surface area contributed by atoms with Crippen LogP contribution in [0.25, 0.3) is 0 Å². The van der Waals surface area contributed by atoms with Crippen LogP contribution >= 0.6 is 0 Å². The zero-order valence-corrected chi connectivity index (χ0v) is 12.5. The van der Waals surface area contributed by atoms with Gasteiger partial charge in [0.05, 0.1) is 23.6 Å². The van der Waals surface area contributed by atoms with Gasteiger partial charge in [0.15, 0.2) is 0 Å². The van der Waals surface area contributed by atoms with Crippen LogP contribution < -0.4 is 15.8 Å². The van der Waals surface area contributed by atoms with Crippen LogP contribution in [-0.4, -0.2) is 33.7 Å². The maximum atomic E-state index is 11.8. The fourth-order valence-corrected chi connectivity index (χ4v) is 2.68. The van der Waals surface area contributed by atoms with Crippen LogP contribution in [-0.2, 0) is 14.8 Å². The van der Waals surface area contributed by atoms with Crippen molar-refractivity contribution in [2.75, 3.05) is 13.2 Å². The van der Waals surface area contributed by atoms with E-state index in [0.717, 1.165) is 6.42 Å². The van der Waals surface area contributed by atoms with Crippen molar-refractivity contribution in [1.29, 1.82) is 0 Å². The lowest BCUT2D eigenvalue weighted by Crippen LogP contribution is -2.43. The molecule has 4 N–H and O–H groups in total. The van der Waals surface area contributed by atoms with Crippen molar-refractivity contribution < 1.29 is 17.9 Å². The highest BCUT2D eigenvalue weighted by molar-refractivity contribution is 7.89. The van der Waals surface area contributed by atoms with Crippen molar-refractivity contribution in [2.45, 2.75) is 30.3 Å². The molecule has 0 aliphatic carbocycles. The normalized spacial score (nSPS) is 20.0. The van der Waals surface area contributed by atoms with Crippen LogP contribution in [0.2, 0.25) is 0 Å². The molecule has 0 spiro atoms. The summed E-state index contributed by atoms with van der Waals surface area (Å²) in [6, 6.07) is 5.58. The summed E-state index contributed by atoms with van der Waals surface area (Å²) in [5, 5.41) is 10.7. The van der Waals surface area contributed by atoms with Crippen LogP contribution in [0.3, 0.4) is 0 Å². The molecule has 2 rings (SSSR count). The average molecular weight is 313 g/mol. The molecule has 1 heterocycles. The van der Waals surface area contributed by atoms with E-state index in [-0.39, 0.29) is 23.0 Å². The lowest BCUT2D eigenvalue weighted by molar-refractivity contribution is 0.188. The summed E-state index contributed by atoms with van der Waals surface area (Å²) in [5.74, 6) is 0. The Morgan fingerprint density at radius 3 is 2.86 bits per heavy atom. The number of primary sulfonamides is 1. The van der Waals surface area contributed by atoms with Crippen molar-refractivity contribution >= 4 is 16.1 Å². The largest absolute Gasteiger partial charge is 0.379 e. The summed E-state index contributed by atoms with van der Waals surface area (Å²) in [7, 11) is -3.75. The van der Waals surface area contributed by atoms with E-state index in [0.29, 0.717) is 18.8 Å². The summed E-state index contributed by atoms with van der Waals surface area (Å²) in [5.41, 5.74) is 0.666. The number of sulfonamides is 1. The first-order chi connectivity index (χ1) is 9.86.